The summed E-state index contributed by atoms with van der Waals surface area (Å²) in [4.78, 5) is 17.0. The quantitative estimate of drug-likeness (QED) is 0.796. The molecule has 24 heavy (non-hydrogen) atoms. The normalized spacial score (nSPS) is 11.5. The van der Waals surface area contributed by atoms with Gasteiger partial charge in [0.05, 0.1) is 27.7 Å². The number of sulfonamides is 1. The zero-order valence-electron chi connectivity index (χ0n) is 12.8. The molecule has 0 aromatic heterocycles. The molecule has 128 valence electrons. The Hall–Kier alpha value is -1.64. The van der Waals surface area contributed by atoms with Crippen molar-refractivity contribution >= 4 is 44.8 Å². The Bertz CT molecular complexity index is 872. The first-order valence-electron chi connectivity index (χ1n) is 6.66. The van der Waals surface area contributed by atoms with E-state index in [4.69, 9.17) is 28.0 Å². The molecule has 0 atom stereocenters. The summed E-state index contributed by atoms with van der Waals surface area (Å²) in [6.07, 6.45) is 0. The van der Waals surface area contributed by atoms with Crippen molar-refractivity contribution in [2.75, 3.05) is 19.5 Å². The van der Waals surface area contributed by atoms with Gasteiger partial charge in [-0.2, -0.15) is 0 Å². The Morgan fingerprint density at radius 1 is 1.17 bits per heavy atom. The molecule has 0 spiro atoms. The number of hydroxylamine groups is 1. The van der Waals surface area contributed by atoms with Gasteiger partial charge in [0.1, 0.15) is 0 Å². The highest BCUT2D eigenvalue weighted by atomic mass is 35.5. The van der Waals surface area contributed by atoms with Gasteiger partial charge in [-0.05, 0) is 30.3 Å². The Balaban J connectivity index is 2.32. The zero-order valence-corrected chi connectivity index (χ0v) is 15.1. The van der Waals surface area contributed by atoms with Crippen LogP contribution >= 0.6 is 23.2 Å². The maximum atomic E-state index is 12.3. The molecule has 6 nitrogen and oxygen atoms in total. The molecular weight excluding hydrogens is 375 g/mol. The van der Waals surface area contributed by atoms with Crippen LogP contribution in [0.3, 0.4) is 0 Å². The standard InChI is InChI=1S/C15H14Cl2N2O4S/c1-19(23-2)24(21,22)11-6-3-5-10(9-11)15(20)18-13-8-4-7-12(16)14(13)17/h3-9H,1-2H3,(H,18,20). The lowest BCUT2D eigenvalue weighted by Gasteiger charge is -2.14. The minimum atomic E-state index is -3.85. The molecule has 2 rings (SSSR count). The SMILES string of the molecule is CON(C)S(=O)(=O)c1cccc(C(=O)Nc2cccc(Cl)c2Cl)c1. The van der Waals surface area contributed by atoms with Crippen LogP contribution in [-0.4, -0.2) is 33.0 Å². The summed E-state index contributed by atoms with van der Waals surface area (Å²) in [5.74, 6) is -0.517. The molecule has 0 saturated heterocycles. The van der Waals surface area contributed by atoms with Crippen LogP contribution in [-0.2, 0) is 14.9 Å². The van der Waals surface area contributed by atoms with Crippen molar-refractivity contribution in [2.24, 2.45) is 0 Å². The van der Waals surface area contributed by atoms with E-state index in [0.29, 0.717) is 15.2 Å². The lowest BCUT2D eigenvalue weighted by Crippen LogP contribution is -2.26. The first kappa shape index (κ1) is 18.7. The van der Waals surface area contributed by atoms with Crippen LogP contribution in [0.15, 0.2) is 47.4 Å². The van der Waals surface area contributed by atoms with Crippen LogP contribution in [0.4, 0.5) is 5.69 Å². The Labute approximate surface area is 149 Å². The summed E-state index contributed by atoms with van der Waals surface area (Å²) in [5.41, 5.74) is 0.480. The van der Waals surface area contributed by atoms with Crippen molar-refractivity contribution in [3.05, 3.63) is 58.1 Å². The van der Waals surface area contributed by atoms with Crippen molar-refractivity contribution in [3.8, 4) is 0 Å². The van der Waals surface area contributed by atoms with E-state index in [1.54, 1.807) is 18.2 Å². The van der Waals surface area contributed by atoms with Gasteiger partial charge in [-0.3, -0.25) is 9.63 Å². The topological polar surface area (TPSA) is 75.7 Å². The molecule has 0 aliphatic carbocycles. The third-order valence-corrected chi connectivity index (χ3v) is 5.68. The Morgan fingerprint density at radius 2 is 1.83 bits per heavy atom. The predicted octanol–water partition coefficient (Wildman–Crippen LogP) is 3.43. The van der Waals surface area contributed by atoms with Crippen LogP contribution in [0, 0.1) is 0 Å². The number of nitrogens with zero attached hydrogens (tertiary/aromatic N) is 1. The predicted molar refractivity (Wildman–Crippen MR) is 92.8 cm³/mol. The summed E-state index contributed by atoms with van der Waals surface area (Å²) in [5, 5.41) is 3.10. The largest absolute Gasteiger partial charge is 0.321 e. The van der Waals surface area contributed by atoms with Crippen LogP contribution in [0.5, 0.6) is 0 Å². The van der Waals surface area contributed by atoms with Crippen molar-refractivity contribution in [1.29, 1.82) is 0 Å². The zero-order chi connectivity index (χ0) is 17.9. The number of carbonyl (C=O) groups is 1. The summed E-state index contributed by atoms with van der Waals surface area (Å²) >= 11 is 11.9. The highest BCUT2D eigenvalue weighted by molar-refractivity contribution is 7.89. The minimum Gasteiger partial charge on any atom is -0.321 e. The number of amides is 1. The molecular formula is C15H14Cl2N2O4S. The molecule has 0 unspecified atom stereocenters. The van der Waals surface area contributed by atoms with Gasteiger partial charge in [0.15, 0.2) is 0 Å². The van der Waals surface area contributed by atoms with Crippen LogP contribution < -0.4 is 5.32 Å². The van der Waals surface area contributed by atoms with Gasteiger partial charge in [-0.1, -0.05) is 39.8 Å². The molecule has 2 aromatic rings. The fourth-order valence-electron chi connectivity index (χ4n) is 1.84. The fourth-order valence-corrected chi connectivity index (χ4v) is 3.21. The number of anilines is 1. The summed E-state index contributed by atoms with van der Waals surface area (Å²) in [7, 11) is -1.36. The maximum absolute atomic E-state index is 12.3. The molecule has 0 bridgehead atoms. The second kappa shape index (κ2) is 7.50. The Kier molecular flexibility index (Phi) is 5.84. The maximum Gasteiger partial charge on any atom is 0.264 e. The molecule has 1 amide bonds. The van der Waals surface area contributed by atoms with Crippen LogP contribution in [0.1, 0.15) is 10.4 Å². The van der Waals surface area contributed by atoms with Gasteiger partial charge < -0.3 is 5.32 Å². The Morgan fingerprint density at radius 3 is 2.50 bits per heavy atom. The summed E-state index contributed by atoms with van der Waals surface area (Å²) in [6, 6.07) is 10.4. The van der Waals surface area contributed by atoms with Gasteiger partial charge in [0.2, 0.25) is 0 Å². The molecule has 0 radical (unpaired) electrons. The molecule has 0 aliphatic rings. The lowest BCUT2D eigenvalue weighted by atomic mass is 10.2. The average molecular weight is 389 g/mol. The van der Waals surface area contributed by atoms with Gasteiger partial charge in [0.25, 0.3) is 15.9 Å². The van der Waals surface area contributed by atoms with Crippen molar-refractivity contribution in [1.82, 2.24) is 4.47 Å². The fraction of sp³-hybridized carbons (Fsp3) is 0.133. The van der Waals surface area contributed by atoms with Gasteiger partial charge >= 0.3 is 0 Å². The number of nitrogens with one attached hydrogen (secondary N) is 1. The van der Waals surface area contributed by atoms with Crippen molar-refractivity contribution < 1.29 is 18.0 Å². The highest BCUT2D eigenvalue weighted by Crippen LogP contribution is 2.30. The van der Waals surface area contributed by atoms with E-state index in [1.165, 1.54) is 38.4 Å². The summed E-state index contributed by atoms with van der Waals surface area (Å²) < 4.78 is 25.2. The first-order valence-corrected chi connectivity index (χ1v) is 8.85. The first-order chi connectivity index (χ1) is 11.3. The van der Waals surface area contributed by atoms with E-state index >= 15 is 0 Å². The van der Waals surface area contributed by atoms with Gasteiger partial charge in [-0.15, -0.1) is 0 Å². The van der Waals surface area contributed by atoms with Gasteiger partial charge in [-0.25, -0.2) is 8.42 Å². The molecule has 0 heterocycles. The number of hydrogen-bond acceptors (Lipinski definition) is 4. The van der Waals surface area contributed by atoms with Gasteiger partial charge in [0, 0.05) is 12.6 Å². The third kappa shape index (κ3) is 3.88. The second-order valence-electron chi connectivity index (χ2n) is 4.68. The molecule has 9 heteroatoms. The highest BCUT2D eigenvalue weighted by Gasteiger charge is 2.22. The second-order valence-corrected chi connectivity index (χ2v) is 7.40. The smallest absolute Gasteiger partial charge is 0.264 e. The van der Waals surface area contributed by atoms with Crippen LogP contribution in [0.2, 0.25) is 10.0 Å². The number of rotatable bonds is 5. The van der Waals surface area contributed by atoms with E-state index in [1.807, 2.05) is 0 Å². The van der Waals surface area contributed by atoms with E-state index in [-0.39, 0.29) is 15.5 Å². The minimum absolute atomic E-state index is 0.0725. The molecule has 0 aliphatic heterocycles. The van der Waals surface area contributed by atoms with E-state index < -0.39 is 15.9 Å². The van der Waals surface area contributed by atoms with E-state index in [9.17, 15) is 13.2 Å². The van der Waals surface area contributed by atoms with Crippen LogP contribution in [0.25, 0.3) is 0 Å². The third-order valence-electron chi connectivity index (χ3n) is 3.19. The molecule has 0 saturated carbocycles. The summed E-state index contributed by atoms with van der Waals surface area (Å²) in [6.45, 7) is 0. The number of halogens is 2. The van der Waals surface area contributed by atoms with E-state index in [2.05, 4.69) is 5.32 Å². The average Bonchev–Trinajstić information content (AvgIpc) is 2.58. The number of hydrogen-bond donors (Lipinski definition) is 1. The lowest BCUT2D eigenvalue weighted by molar-refractivity contribution is -0.0258. The molecule has 2 aromatic carbocycles. The van der Waals surface area contributed by atoms with E-state index in [0.717, 1.165) is 0 Å². The monoisotopic (exact) mass is 388 g/mol. The molecule has 1 N–H and O–H groups in total. The van der Waals surface area contributed by atoms with Crippen molar-refractivity contribution in [2.45, 2.75) is 4.90 Å². The van der Waals surface area contributed by atoms with Crippen molar-refractivity contribution in [3.63, 3.8) is 0 Å². The number of carbonyl (C=O) groups excluding carboxylic acids is 1. The molecule has 0 fully saturated rings. The number of benzene rings is 2.